The number of hydrogen-bond acceptors (Lipinski definition) is 4. The van der Waals surface area contributed by atoms with Gasteiger partial charge in [0.1, 0.15) is 4.83 Å². The van der Waals surface area contributed by atoms with Gasteiger partial charge in [-0.25, -0.2) is 4.68 Å². The molecule has 2 heterocycles. The minimum absolute atomic E-state index is 0.151. The van der Waals surface area contributed by atoms with E-state index in [0.29, 0.717) is 9.90 Å². The quantitative estimate of drug-likeness (QED) is 0.716. The van der Waals surface area contributed by atoms with E-state index in [-0.39, 0.29) is 12.5 Å². The zero-order chi connectivity index (χ0) is 19.0. The van der Waals surface area contributed by atoms with Crippen LogP contribution in [0.2, 0.25) is 5.02 Å². The highest BCUT2D eigenvalue weighted by atomic mass is 35.5. The monoisotopic (exact) mass is 391 g/mol. The van der Waals surface area contributed by atoms with Crippen LogP contribution >= 0.6 is 22.9 Å². The molecule has 8 heteroatoms. The molecule has 136 valence electrons. The molecule has 0 saturated heterocycles. The van der Waals surface area contributed by atoms with Gasteiger partial charge in [-0.2, -0.15) is 5.10 Å². The van der Waals surface area contributed by atoms with Crippen LogP contribution in [-0.4, -0.2) is 45.3 Å². The first-order valence-electron chi connectivity index (χ1n) is 8.02. The number of aromatic nitrogens is 2. The summed E-state index contributed by atoms with van der Waals surface area (Å²) in [6.45, 7) is 3.61. The fourth-order valence-electron chi connectivity index (χ4n) is 2.70. The van der Waals surface area contributed by atoms with E-state index in [4.69, 9.17) is 16.7 Å². The average Bonchev–Trinajstić information content (AvgIpc) is 3.15. The second kappa shape index (κ2) is 7.09. The second-order valence-electron chi connectivity index (χ2n) is 6.20. The molecule has 0 bridgehead atoms. The molecule has 0 aliphatic carbocycles. The number of carboxylic acids is 1. The molecule has 0 aliphatic heterocycles. The van der Waals surface area contributed by atoms with Gasteiger partial charge >= 0.3 is 5.97 Å². The first-order chi connectivity index (χ1) is 12.3. The van der Waals surface area contributed by atoms with Crippen molar-refractivity contribution >= 4 is 45.0 Å². The summed E-state index contributed by atoms with van der Waals surface area (Å²) in [4.78, 5) is 26.5. The van der Waals surface area contributed by atoms with E-state index in [1.807, 2.05) is 25.1 Å². The van der Waals surface area contributed by atoms with Crippen LogP contribution < -0.4 is 0 Å². The molecule has 1 N–H and O–H groups in total. The summed E-state index contributed by atoms with van der Waals surface area (Å²) in [6.07, 6.45) is 0. The second-order valence-corrected chi connectivity index (χ2v) is 7.64. The lowest BCUT2D eigenvalue weighted by Crippen LogP contribution is -2.33. The molecule has 0 fully saturated rings. The molecule has 1 unspecified atom stereocenters. The van der Waals surface area contributed by atoms with Crippen molar-refractivity contribution in [3.8, 4) is 5.69 Å². The Morgan fingerprint density at radius 3 is 2.73 bits per heavy atom. The Morgan fingerprint density at radius 2 is 2.08 bits per heavy atom. The minimum atomic E-state index is -0.925. The van der Waals surface area contributed by atoms with Crippen molar-refractivity contribution in [3.63, 3.8) is 0 Å². The topological polar surface area (TPSA) is 75.4 Å². The SMILES string of the molecule is Cc1nn(-c2ccccc2Cl)c2sc(C(=O)N(C)CC(C)C(=O)O)cc12. The van der Waals surface area contributed by atoms with Gasteiger partial charge in [-0.05, 0) is 25.1 Å². The van der Waals surface area contributed by atoms with Crippen molar-refractivity contribution in [1.29, 1.82) is 0 Å². The highest BCUT2D eigenvalue weighted by Crippen LogP contribution is 2.32. The molecule has 6 nitrogen and oxygen atoms in total. The molecule has 26 heavy (non-hydrogen) atoms. The number of rotatable bonds is 5. The summed E-state index contributed by atoms with van der Waals surface area (Å²) in [5.74, 6) is -1.76. The smallest absolute Gasteiger partial charge is 0.308 e. The van der Waals surface area contributed by atoms with Crippen LogP contribution in [0.5, 0.6) is 0 Å². The maximum Gasteiger partial charge on any atom is 0.308 e. The molecule has 0 aliphatic rings. The number of nitrogens with zero attached hydrogens (tertiary/aromatic N) is 3. The molecule has 0 saturated carbocycles. The first-order valence-corrected chi connectivity index (χ1v) is 9.21. The first kappa shape index (κ1) is 18.4. The number of amides is 1. The number of halogens is 1. The molecule has 0 spiro atoms. The molecule has 3 aromatic rings. The number of hydrogen-bond donors (Lipinski definition) is 1. The summed E-state index contributed by atoms with van der Waals surface area (Å²) in [7, 11) is 1.61. The van der Waals surface area contributed by atoms with Gasteiger partial charge in [0, 0.05) is 19.0 Å². The number of carbonyl (C=O) groups is 2. The molecular formula is C18H18ClN3O3S. The van der Waals surface area contributed by atoms with Crippen molar-refractivity contribution in [3.05, 3.63) is 45.9 Å². The molecule has 1 aromatic carbocycles. The Labute approximate surface area is 159 Å². The van der Waals surface area contributed by atoms with Crippen molar-refractivity contribution in [1.82, 2.24) is 14.7 Å². The average molecular weight is 392 g/mol. The molecule has 3 rings (SSSR count). The van der Waals surface area contributed by atoms with E-state index < -0.39 is 11.9 Å². The minimum Gasteiger partial charge on any atom is -0.481 e. The van der Waals surface area contributed by atoms with Gasteiger partial charge in [0.05, 0.1) is 27.2 Å². The number of aliphatic carboxylic acids is 1. The summed E-state index contributed by atoms with van der Waals surface area (Å²) in [5.41, 5.74) is 1.55. The predicted octanol–water partition coefficient (Wildman–Crippen LogP) is 3.84. The van der Waals surface area contributed by atoms with Gasteiger partial charge in [-0.3, -0.25) is 9.59 Å². The van der Waals surface area contributed by atoms with E-state index in [9.17, 15) is 9.59 Å². The Hall–Kier alpha value is -2.38. The Morgan fingerprint density at radius 1 is 1.38 bits per heavy atom. The fourth-order valence-corrected chi connectivity index (χ4v) is 4.09. The lowest BCUT2D eigenvalue weighted by atomic mass is 10.2. The molecule has 1 amide bonds. The number of carboxylic acid groups (broad SMARTS) is 1. The van der Waals surface area contributed by atoms with Crippen LogP contribution in [0.1, 0.15) is 22.3 Å². The number of thiophene rings is 1. The van der Waals surface area contributed by atoms with E-state index in [2.05, 4.69) is 5.10 Å². The lowest BCUT2D eigenvalue weighted by Gasteiger charge is -2.18. The van der Waals surface area contributed by atoms with E-state index in [1.54, 1.807) is 30.8 Å². The predicted molar refractivity (Wildman–Crippen MR) is 102 cm³/mol. The van der Waals surface area contributed by atoms with Crippen molar-refractivity contribution in [2.75, 3.05) is 13.6 Å². The summed E-state index contributed by atoms with van der Waals surface area (Å²) >= 11 is 7.61. The summed E-state index contributed by atoms with van der Waals surface area (Å²) in [5, 5.41) is 15.0. The maximum atomic E-state index is 12.7. The normalized spacial score (nSPS) is 12.3. The number of carbonyl (C=O) groups excluding carboxylic acids is 1. The highest BCUT2D eigenvalue weighted by Gasteiger charge is 2.22. The molecule has 0 radical (unpaired) electrons. The third-order valence-electron chi connectivity index (χ3n) is 4.15. The van der Waals surface area contributed by atoms with Gasteiger partial charge in [0.25, 0.3) is 5.91 Å². The van der Waals surface area contributed by atoms with Gasteiger partial charge in [-0.1, -0.05) is 30.7 Å². The molecule has 2 aromatic heterocycles. The van der Waals surface area contributed by atoms with E-state index in [1.165, 1.54) is 16.2 Å². The van der Waals surface area contributed by atoms with Crippen LogP contribution in [0.15, 0.2) is 30.3 Å². The van der Waals surface area contributed by atoms with E-state index in [0.717, 1.165) is 21.6 Å². The zero-order valence-electron chi connectivity index (χ0n) is 14.6. The number of para-hydroxylation sites is 1. The summed E-state index contributed by atoms with van der Waals surface area (Å²) < 4.78 is 1.74. The van der Waals surface area contributed by atoms with Crippen molar-refractivity contribution in [2.24, 2.45) is 5.92 Å². The van der Waals surface area contributed by atoms with E-state index >= 15 is 0 Å². The van der Waals surface area contributed by atoms with Gasteiger partial charge in [0.15, 0.2) is 0 Å². The van der Waals surface area contributed by atoms with Crippen LogP contribution in [0.4, 0.5) is 0 Å². The standard InChI is InChI=1S/C18H18ClN3O3S/c1-10(18(24)25)9-21(3)16(23)15-8-12-11(2)20-22(17(12)26-15)14-7-5-4-6-13(14)19/h4-8,10H,9H2,1-3H3,(H,24,25). The highest BCUT2D eigenvalue weighted by molar-refractivity contribution is 7.20. The number of fused-ring (bicyclic) bond motifs is 1. The van der Waals surface area contributed by atoms with Gasteiger partial charge < -0.3 is 10.0 Å². The fraction of sp³-hybridized carbons (Fsp3) is 0.278. The van der Waals surface area contributed by atoms with Crippen LogP contribution in [0, 0.1) is 12.8 Å². The Bertz CT molecular complexity index is 995. The lowest BCUT2D eigenvalue weighted by molar-refractivity contribution is -0.141. The van der Waals surface area contributed by atoms with Gasteiger partial charge in [0.2, 0.25) is 0 Å². The van der Waals surface area contributed by atoms with Crippen LogP contribution in [-0.2, 0) is 4.79 Å². The van der Waals surface area contributed by atoms with Crippen molar-refractivity contribution < 1.29 is 14.7 Å². The largest absolute Gasteiger partial charge is 0.481 e. The maximum absolute atomic E-state index is 12.7. The molecule has 1 atom stereocenters. The van der Waals surface area contributed by atoms with Gasteiger partial charge in [-0.15, -0.1) is 11.3 Å². The number of benzene rings is 1. The third kappa shape index (κ3) is 3.32. The Balaban J connectivity index is 1.97. The third-order valence-corrected chi connectivity index (χ3v) is 5.57. The number of aryl methyl sites for hydroxylation is 1. The van der Waals surface area contributed by atoms with Crippen LogP contribution in [0.3, 0.4) is 0 Å². The van der Waals surface area contributed by atoms with Crippen LogP contribution in [0.25, 0.3) is 15.9 Å². The Kier molecular flexibility index (Phi) is 5.02. The zero-order valence-corrected chi connectivity index (χ0v) is 16.1. The molecular weight excluding hydrogens is 374 g/mol. The van der Waals surface area contributed by atoms with Crippen molar-refractivity contribution in [2.45, 2.75) is 13.8 Å². The summed E-state index contributed by atoms with van der Waals surface area (Å²) in [6, 6.07) is 9.20.